The molecule has 2 heterocycles. The van der Waals surface area contributed by atoms with E-state index < -0.39 is 0 Å². The van der Waals surface area contributed by atoms with Gasteiger partial charge >= 0.3 is 0 Å². The number of benzene rings is 1. The maximum atomic E-state index is 9.51. The molecule has 1 aliphatic heterocycles. The lowest BCUT2D eigenvalue weighted by atomic mass is 10.2. The average Bonchev–Trinajstić information content (AvgIpc) is 3.15. The summed E-state index contributed by atoms with van der Waals surface area (Å²) in [7, 11) is 3.23. The Bertz CT molecular complexity index is 759. The monoisotopic (exact) mass is 422 g/mol. The third kappa shape index (κ3) is 4.02. The van der Waals surface area contributed by atoms with Crippen molar-refractivity contribution in [2.75, 3.05) is 37.6 Å². The van der Waals surface area contributed by atoms with E-state index in [4.69, 9.17) is 9.47 Å². The number of halogens is 1. The van der Waals surface area contributed by atoms with E-state index in [0.717, 1.165) is 41.1 Å². The van der Waals surface area contributed by atoms with Gasteiger partial charge in [-0.15, -0.1) is 0 Å². The highest BCUT2D eigenvalue weighted by molar-refractivity contribution is 9.10. The quantitative estimate of drug-likeness (QED) is 0.709. The van der Waals surface area contributed by atoms with E-state index in [2.05, 4.69) is 36.1 Å². The second kappa shape index (κ2) is 8.55. The highest BCUT2D eigenvalue weighted by Crippen LogP contribution is 2.36. The van der Waals surface area contributed by atoms with Crippen molar-refractivity contribution in [3.63, 3.8) is 0 Å². The Kier molecular flexibility index (Phi) is 6.16. The molecule has 0 spiro atoms. The molecule has 0 saturated carbocycles. The molecule has 3 rings (SSSR count). The first-order valence-corrected chi connectivity index (χ1v) is 9.29. The van der Waals surface area contributed by atoms with Crippen molar-refractivity contribution in [1.29, 1.82) is 0 Å². The van der Waals surface area contributed by atoms with Gasteiger partial charge in [-0.3, -0.25) is 0 Å². The number of aromatic nitrogens is 2. The van der Waals surface area contributed by atoms with Crippen LogP contribution >= 0.6 is 15.9 Å². The van der Waals surface area contributed by atoms with E-state index in [1.165, 1.54) is 0 Å². The Morgan fingerprint density at radius 2 is 2.12 bits per heavy atom. The number of methoxy groups -OCH3 is 2. The smallest absolute Gasteiger partial charge is 0.174 e. The minimum atomic E-state index is 0.138. The lowest BCUT2D eigenvalue weighted by molar-refractivity contribution is 0.266. The Morgan fingerprint density at radius 1 is 1.27 bits per heavy atom. The summed E-state index contributed by atoms with van der Waals surface area (Å²) >= 11 is 3.51. The van der Waals surface area contributed by atoms with E-state index in [-0.39, 0.29) is 12.6 Å². The molecule has 140 valence electrons. The molecule has 1 unspecified atom stereocenters. The van der Waals surface area contributed by atoms with E-state index in [0.29, 0.717) is 18.0 Å². The topological polar surface area (TPSA) is 79.7 Å². The Balaban J connectivity index is 1.72. The van der Waals surface area contributed by atoms with Crippen LogP contribution in [0.15, 0.2) is 29.0 Å². The van der Waals surface area contributed by atoms with Crippen LogP contribution in [0.5, 0.6) is 11.5 Å². The van der Waals surface area contributed by atoms with Crippen LogP contribution in [0.4, 0.5) is 11.6 Å². The molecule has 8 heteroatoms. The molecule has 1 saturated heterocycles. The third-order valence-electron chi connectivity index (χ3n) is 4.50. The number of ether oxygens (including phenoxy) is 2. The summed E-state index contributed by atoms with van der Waals surface area (Å²) in [6, 6.07) is 5.98. The molecule has 2 aromatic rings. The summed E-state index contributed by atoms with van der Waals surface area (Å²) < 4.78 is 11.6. The predicted molar refractivity (Wildman–Crippen MR) is 104 cm³/mol. The van der Waals surface area contributed by atoms with Gasteiger partial charge in [-0.2, -0.15) is 0 Å². The van der Waals surface area contributed by atoms with Crippen LogP contribution in [-0.4, -0.2) is 48.5 Å². The Labute approximate surface area is 161 Å². The minimum absolute atomic E-state index is 0.138. The van der Waals surface area contributed by atoms with Crippen LogP contribution in [0.1, 0.15) is 18.4 Å². The van der Waals surface area contributed by atoms with Gasteiger partial charge in [0.15, 0.2) is 11.5 Å². The molecule has 0 bridgehead atoms. The maximum Gasteiger partial charge on any atom is 0.174 e. The largest absolute Gasteiger partial charge is 0.493 e. The fraction of sp³-hybridized carbons (Fsp3) is 0.444. The van der Waals surface area contributed by atoms with E-state index >= 15 is 0 Å². The van der Waals surface area contributed by atoms with Crippen LogP contribution in [0.2, 0.25) is 0 Å². The second-order valence-electron chi connectivity index (χ2n) is 6.10. The van der Waals surface area contributed by atoms with Gasteiger partial charge in [-0.05, 0) is 46.5 Å². The van der Waals surface area contributed by atoms with Gasteiger partial charge in [0.2, 0.25) is 0 Å². The van der Waals surface area contributed by atoms with Gasteiger partial charge in [-0.25, -0.2) is 9.97 Å². The number of anilines is 2. The molecule has 2 N–H and O–H groups in total. The normalized spacial score (nSPS) is 16.6. The summed E-state index contributed by atoms with van der Waals surface area (Å²) in [5.74, 6) is 2.92. The van der Waals surface area contributed by atoms with Crippen molar-refractivity contribution in [2.45, 2.75) is 25.4 Å². The summed E-state index contributed by atoms with van der Waals surface area (Å²) in [6.45, 7) is 1.63. The van der Waals surface area contributed by atoms with Gasteiger partial charge in [-0.1, -0.05) is 0 Å². The number of hydrogen-bond acceptors (Lipinski definition) is 7. The van der Waals surface area contributed by atoms with Gasteiger partial charge in [0.05, 0.1) is 31.3 Å². The number of hydrogen-bond donors (Lipinski definition) is 2. The molecule has 26 heavy (non-hydrogen) atoms. The number of nitrogens with one attached hydrogen (secondary N) is 1. The number of nitrogens with zero attached hydrogens (tertiary/aromatic N) is 3. The molecule has 1 aliphatic rings. The molecule has 1 aromatic carbocycles. The van der Waals surface area contributed by atoms with Gasteiger partial charge in [0.25, 0.3) is 0 Å². The fourth-order valence-electron chi connectivity index (χ4n) is 3.19. The highest BCUT2D eigenvalue weighted by atomic mass is 79.9. The molecule has 1 atom stereocenters. The van der Waals surface area contributed by atoms with Crippen molar-refractivity contribution >= 4 is 27.6 Å². The molecule has 0 amide bonds. The molecule has 7 nitrogen and oxygen atoms in total. The standard InChI is InChI=1S/C18H23BrN4O3/c1-25-15-7-12(6-14(19)18(15)26-2)9-20-16-8-17(22-11-21-16)23-5-3-4-13(23)10-24/h6-8,11,13,24H,3-5,9-10H2,1-2H3,(H,20,21,22). The summed E-state index contributed by atoms with van der Waals surface area (Å²) in [4.78, 5) is 10.8. The minimum Gasteiger partial charge on any atom is -0.493 e. The Morgan fingerprint density at radius 3 is 2.85 bits per heavy atom. The highest BCUT2D eigenvalue weighted by Gasteiger charge is 2.25. The van der Waals surface area contributed by atoms with E-state index in [1.54, 1.807) is 20.5 Å². The summed E-state index contributed by atoms with van der Waals surface area (Å²) in [5.41, 5.74) is 1.03. The zero-order chi connectivity index (χ0) is 18.5. The number of aliphatic hydroxyl groups excluding tert-OH is 1. The van der Waals surface area contributed by atoms with E-state index in [1.807, 2.05) is 18.2 Å². The van der Waals surface area contributed by atoms with Gasteiger partial charge in [0, 0.05) is 19.2 Å². The van der Waals surface area contributed by atoms with Crippen LogP contribution in [0.3, 0.4) is 0 Å². The van der Waals surface area contributed by atoms with Crippen molar-refractivity contribution in [1.82, 2.24) is 9.97 Å². The molecule has 1 fully saturated rings. The zero-order valence-corrected chi connectivity index (χ0v) is 16.5. The predicted octanol–water partition coefficient (Wildman–Crippen LogP) is 2.83. The lowest BCUT2D eigenvalue weighted by Crippen LogP contribution is -2.32. The van der Waals surface area contributed by atoms with Crippen LogP contribution in [0.25, 0.3) is 0 Å². The molecule has 0 aliphatic carbocycles. The van der Waals surface area contributed by atoms with Crippen LogP contribution in [0, 0.1) is 0 Å². The maximum absolute atomic E-state index is 9.51. The average molecular weight is 423 g/mol. The molecule has 0 radical (unpaired) electrons. The van der Waals surface area contributed by atoms with Crippen molar-refractivity contribution in [2.24, 2.45) is 0 Å². The zero-order valence-electron chi connectivity index (χ0n) is 14.9. The van der Waals surface area contributed by atoms with Crippen LogP contribution < -0.4 is 19.7 Å². The first kappa shape index (κ1) is 18.7. The lowest BCUT2D eigenvalue weighted by Gasteiger charge is -2.24. The molecular formula is C18H23BrN4O3. The molecule has 1 aromatic heterocycles. The second-order valence-corrected chi connectivity index (χ2v) is 6.95. The fourth-order valence-corrected chi connectivity index (χ4v) is 3.85. The van der Waals surface area contributed by atoms with Gasteiger partial charge < -0.3 is 24.8 Å². The summed E-state index contributed by atoms with van der Waals surface area (Å²) in [6.07, 6.45) is 3.61. The van der Waals surface area contributed by atoms with Gasteiger partial charge in [0.1, 0.15) is 18.0 Å². The van der Waals surface area contributed by atoms with Crippen molar-refractivity contribution in [3.05, 3.63) is 34.6 Å². The van der Waals surface area contributed by atoms with Crippen molar-refractivity contribution < 1.29 is 14.6 Å². The van der Waals surface area contributed by atoms with E-state index in [9.17, 15) is 5.11 Å². The third-order valence-corrected chi connectivity index (χ3v) is 5.09. The number of aliphatic hydroxyl groups is 1. The number of rotatable bonds is 7. The van der Waals surface area contributed by atoms with Crippen LogP contribution in [-0.2, 0) is 6.54 Å². The Hall–Kier alpha value is -2.06. The first-order valence-electron chi connectivity index (χ1n) is 8.50. The SMILES string of the molecule is COc1cc(CNc2cc(N3CCCC3CO)ncn2)cc(Br)c1OC. The summed E-state index contributed by atoms with van der Waals surface area (Å²) in [5, 5.41) is 12.8. The van der Waals surface area contributed by atoms with Crippen molar-refractivity contribution in [3.8, 4) is 11.5 Å². The molecular weight excluding hydrogens is 400 g/mol. The first-order chi connectivity index (χ1) is 12.7.